The maximum Gasteiger partial charge on any atom is 0.227 e. The van der Waals surface area contributed by atoms with Crippen LogP contribution in [0.1, 0.15) is 24.0 Å². The van der Waals surface area contributed by atoms with E-state index < -0.39 is 0 Å². The Morgan fingerprint density at radius 2 is 2.00 bits per heavy atom. The Morgan fingerprint density at radius 3 is 2.87 bits per heavy atom. The Labute approximate surface area is 184 Å². The number of nitrogens with zero attached hydrogens (tertiary/aromatic N) is 1. The predicted molar refractivity (Wildman–Crippen MR) is 119 cm³/mol. The summed E-state index contributed by atoms with van der Waals surface area (Å²) in [4.78, 5) is 15.0. The lowest BCUT2D eigenvalue weighted by molar-refractivity contribution is -0.126. The van der Waals surface area contributed by atoms with E-state index in [9.17, 15) is 4.79 Å². The quantitative estimate of drug-likeness (QED) is 0.706. The summed E-state index contributed by atoms with van der Waals surface area (Å²) >= 11 is 0. The number of amides is 1. The fourth-order valence-corrected chi connectivity index (χ4v) is 4.19. The van der Waals surface area contributed by atoms with Crippen molar-refractivity contribution in [1.82, 2.24) is 10.2 Å². The van der Waals surface area contributed by atoms with Gasteiger partial charge in [-0.2, -0.15) is 0 Å². The normalized spacial score (nSPS) is 18.8. The van der Waals surface area contributed by atoms with Crippen molar-refractivity contribution < 1.29 is 19.0 Å². The number of para-hydroxylation sites is 1. The zero-order valence-electron chi connectivity index (χ0n) is 18.2. The minimum atomic E-state index is -0.157. The highest BCUT2D eigenvalue weighted by atomic mass is 16.5. The number of ether oxygens (including phenoxy) is 3. The van der Waals surface area contributed by atoms with Crippen molar-refractivity contribution in [2.75, 3.05) is 40.0 Å². The fourth-order valence-electron chi connectivity index (χ4n) is 4.19. The van der Waals surface area contributed by atoms with Crippen molar-refractivity contribution in [2.24, 2.45) is 5.92 Å². The number of likely N-dealkylation sites (N-methyl/N-ethyl adjacent to an activating group) is 1. The minimum absolute atomic E-state index is 0.0268. The summed E-state index contributed by atoms with van der Waals surface area (Å²) in [6.07, 6.45) is 2.89. The van der Waals surface area contributed by atoms with Crippen LogP contribution >= 0.6 is 0 Å². The summed E-state index contributed by atoms with van der Waals surface area (Å²) in [6, 6.07) is 16.4. The standard InChI is InChI=1S/C25H32N2O4/c1-27(22-9-12-29-13-10-22)11-14-30-23-7-4-5-19(15-23)17-26-25(28)21-16-20-6-2-3-8-24(20)31-18-21/h2-8,15,21-22H,9-14,16-18H2,1H3,(H,26,28). The van der Waals surface area contributed by atoms with Gasteiger partial charge in [-0.25, -0.2) is 0 Å². The van der Waals surface area contributed by atoms with Gasteiger partial charge in [0.15, 0.2) is 0 Å². The number of benzene rings is 2. The highest BCUT2D eigenvalue weighted by Gasteiger charge is 2.25. The van der Waals surface area contributed by atoms with Crippen LogP contribution in [0.3, 0.4) is 0 Å². The van der Waals surface area contributed by atoms with Crippen LogP contribution in [-0.2, 0) is 22.5 Å². The van der Waals surface area contributed by atoms with Crippen LogP contribution in [0.25, 0.3) is 0 Å². The Hall–Kier alpha value is -2.57. The summed E-state index contributed by atoms with van der Waals surface area (Å²) in [7, 11) is 2.15. The van der Waals surface area contributed by atoms with Crippen molar-refractivity contribution in [2.45, 2.75) is 31.8 Å². The molecule has 1 atom stereocenters. The molecule has 1 saturated heterocycles. The van der Waals surface area contributed by atoms with Crippen LogP contribution in [0, 0.1) is 5.92 Å². The Bertz CT molecular complexity index is 866. The predicted octanol–water partition coefficient (Wildman–Crippen LogP) is 3.04. The van der Waals surface area contributed by atoms with Crippen molar-refractivity contribution in [3.8, 4) is 11.5 Å². The molecule has 166 valence electrons. The van der Waals surface area contributed by atoms with Gasteiger partial charge in [-0.15, -0.1) is 0 Å². The van der Waals surface area contributed by atoms with Gasteiger partial charge in [0.05, 0.1) is 5.92 Å². The third-order valence-corrected chi connectivity index (χ3v) is 6.14. The van der Waals surface area contributed by atoms with E-state index in [4.69, 9.17) is 14.2 Å². The lowest BCUT2D eigenvalue weighted by Gasteiger charge is -2.31. The number of carbonyl (C=O) groups is 1. The topological polar surface area (TPSA) is 60.0 Å². The van der Waals surface area contributed by atoms with E-state index in [1.807, 2.05) is 48.5 Å². The second kappa shape index (κ2) is 10.6. The molecule has 1 N–H and O–H groups in total. The Kier molecular flexibility index (Phi) is 7.43. The first kappa shape index (κ1) is 21.7. The molecule has 0 aliphatic carbocycles. The third kappa shape index (κ3) is 5.99. The first-order chi connectivity index (χ1) is 15.2. The molecule has 2 aromatic carbocycles. The zero-order chi connectivity index (χ0) is 21.5. The molecule has 1 amide bonds. The number of rotatable bonds is 8. The Morgan fingerprint density at radius 1 is 1.16 bits per heavy atom. The van der Waals surface area contributed by atoms with Crippen molar-refractivity contribution in [1.29, 1.82) is 0 Å². The molecule has 6 nitrogen and oxygen atoms in total. The molecule has 4 rings (SSSR count). The monoisotopic (exact) mass is 424 g/mol. The van der Waals surface area contributed by atoms with E-state index in [0.717, 1.165) is 55.2 Å². The number of fused-ring (bicyclic) bond motifs is 1. The molecule has 31 heavy (non-hydrogen) atoms. The summed E-state index contributed by atoms with van der Waals surface area (Å²) in [5, 5.41) is 3.05. The van der Waals surface area contributed by atoms with Gasteiger partial charge in [0.1, 0.15) is 24.7 Å². The average Bonchev–Trinajstić information content (AvgIpc) is 2.83. The molecule has 0 saturated carbocycles. The molecule has 6 heteroatoms. The molecule has 0 spiro atoms. The number of nitrogens with one attached hydrogen (secondary N) is 1. The van der Waals surface area contributed by atoms with Gasteiger partial charge in [-0.3, -0.25) is 9.69 Å². The zero-order valence-corrected chi connectivity index (χ0v) is 18.2. The first-order valence-corrected chi connectivity index (χ1v) is 11.2. The minimum Gasteiger partial charge on any atom is -0.492 e. The smallest absolute Gasteiger partial charge is 0.227 e. The summed E-state index contributed by atoms with van der Waals surface area (Å²) in [5.74, 6) is 1.59. The van der Waals surface area contributed by atoms with Gasteiger partial charge in [0.2, 0.25) is 5.91 Å². The van der Waals surface area contributed by atoms with Crippen LogP contribution in [0.2, 0.25) is 0 Å². The molecule has 2 heterocycles. The van der Waals surface area contributed by atoms with Gasteiger partial charge >= 0.3 is 0 Å². The van der Waals surface area contributed by atoms with E-state index in [1.165, 1.54) is 0 Å². The van der Waals surface area contributed by atoms with Crippen LogP contribution in [0.4, 0.5) is 0 Å². The maximum absolute atomic E-state index is 12.6. The lowest BCUT2D eigenvalue weighted by Crippen LogP contribution is -2.38. The SMILES string of the molecule is CN(CCOc1cccc(CNC(=O)C2COc3ccccc3C2)c1)C1CCOCC1. The average molecular weight is 425 g/mol. The van der Waals surface area contributed by atoms with E-state index in [0.29, 0.717) is 32.2 Å². The second-order valence-electron chi connectivity index (χ2n) is 8.36. The largest absolute Gasteiger partial charge is 0.492 e. The van der Waals surface area contributed by atoms with Crippen LogP contribution in [0.5, 0.6) is 11.5 Å². The molecule has 2 aliphatic rings. The fraction of sp³-hybridized carbons (Fsp3) is 0.480. The maximum atomic E-state index is 12.6. The van der Waals surface area contributed by atoms with E-state index in [-0.39, 0.29) is 11.8 Å². The lowest BCUT2D eigenvalue weighted by atomic mass is 9.96. The molecular weight excluding hydrogens is 392 g/mol. The van der Waals surface area contributed by atoms with Gasteiger partial charge in [-0.05, 0) is 55.6 Å². The van der Waals surface area contributed by atoms with Gasteiger partial charge in [0, 0.05) is 32.3 Å². The van der Waals surface area contributed by atoms with Crippen molar-refractivity contribution in [3.63, 3.8) is 0 Å². The van der Waals surface area contributed by atoms with E-state index in [1.54, 1.807) is 0 Å². The van der Waals surface area contributed by atoms with Crippen LogP contribution < -0.4 is 14.8 Å². The highest BCUT2D eigenvalue weighted by molar-refractivity contribution is 5.79. The molecule has 2 aromatic rings. The first-order valence-electron chi connectivity index (χ1n) is 11.2. The highest BCUT2D eigenvalue weighted by Crippen LogP contribution is 2.27. The summed E-state index contributed by atoms with van der Waals surface area (Å²) < 4.78 is 17.1. The molecule has 1 fully saturated rings. The number of hydrogen-bond acceptors (Lipinski definition) is 5. The molecule has 0 radical (unpaired) electrons. The van der Waals surface area contributed by atoms with Crippen LogP contribution in [-0.4, -0.2) is 56.9 Å². The summed E-state index contributed by atoms with van der Waals surface area (Å²) in [6.45, 7) is 4.13. The second-order valence-corrected chi connectivity index (χ2v) is 8.36. The van der Waals surface area contributed by atoms with Gasteiger partial charge in [0.25, 0.3) is 0 Å². The van der Waals surface area contributed by atoms with Gasteiger partial charge < -0.3 is 19.5 Å². The van der Waals surface area contributed by atoms with Crippen molar-refractivity contribution in [3.05, 3.63) is 59.7 Å². The summed E-state index contributed by atoms with van der Waals surface area (Å²) in [5.41, 5.74) is 2.12. The molecule has 2 aliphatic heterocycles. The molecule has 1 unspecified atom stereocenters. The van der Waals surface area contributed by atoms with Crippen LogP contribution in [0.15, 0.2) is 48.5 Å². The molecule has 0 aromatic heterocycles. The molecular formula is C25H32N2O4. The number of hydrogen-bond donors (Lipinski definition) is 1. The van der Waals surface area contributed by atoms with E-state index in [2.05, 4.69) is 17.3 Å². The van der Waals surface area contributed by atoms with Gasteiger partial charge in [-0.1, -0.05) is 30.3 Å². The van der Waals surface area contributed by atoms with E-state index >= 15 is 0 Å². The number of carbonyl (C=O) groups excluding carboxylic acids is 1. The molecule has 0 bridgehead atoms. The third-order valence-electron chi connectivity index (χ3n) is 6.14. The van der Waals surface area contributed by atoms with Crippen molar-refractivity contribution >= 4 is 5.91 Å². The Balaban J connectivity index is 1.22.